The van der Waals surface area contributed by atoms with Crippen LogP contribution in [0.15, 0.2) is 30.5 Å². The molecule has 0 aromatic heterocycles. The Kier molecular flexibility index (Phi) is 4.24. The molecule has 0 spiro atoms. The molecule has 0 fully saturated rings. The lowest BCUT2D eigenvalue weighted by atomic mass is 10.1. The summed E-state index contributed by atoms with van der Waals surface area (Å²) in [6.07, 6.45) is 1.96. The van der Waals surface area contributed by atoms with Gasteiger partial charge in [-0.15, -0.1) is 0 Å². The smallest absolute Gasteiger partial charge is 0.434 e. The molecule has 0 N–H and O–H groups in total. The maximum Gasteiger partial charge on any atom is 0.434 e. The number of rotatable bonds is 2. The number of carbonyl (C=O) groups is 2. The molecule has 6 heteroatoms. The number of nitrogens with zero attached hydrogens (tertiary/aromatic N) is 2. The Morgan fingerprint density at radius 2 is 1.70 bits per heavy atom. The number of hydrogen-bond acceptors (Lipinski definition) is 4. The van der Waals surface area contributed by atoms with Crippen molar-refractivity contribution in [3.63, 3.8) is 0 Å². The summed E-state index contributed by atoms with van der Waals surface area (Å²) < 4.78 is 9.94. The standard InChI is InChI=1S/C14H16N2O4/c1-3-19-13(17)15-10-9-11-7-5-6-8-12(11)16(15)14(18)20-4-2/h5-10H,3-4H2,1-2H3. The third-order valence-corrected chi connectivity index (χ3v) is 2.67. The second-order valence-corrected chi connectivity index (χ2v) is 3.93. The molecule has 106 valence electrons. The van der Waals surface area contributed by atoms with Crippen LogP contribution in [0, 0.1) is 0 Å². The average Bonchev–Trinajstić information content (AvgIpc) is 2.46. The first-order chi connectivity index (χ1) is 9.69. The molecular formula is C14H16N2O4. The maximum absolute atomic E-state index is 12.1. The van der Waals surface area contributed by atoms with Gasteiger partial charge in [-0.3, -0.25) is 0 Å². The van der Waals surface area contributed by atoms with Crippen LogP contribution in [0.3, 0.4) is 0 Å². The van der Waals surface area contributed by atoms with Gasteiger partial charge >= 0.3 is 12.2 Å². The zero-order valence-corrected chi connectivity index (χ0v) is 11.4. The first-order valence-electron chi connectivity index (χ1n) is 6.39. The highest BCUT2D eigenvalue weighted by molar-refractivity contribution is 5.95. The number of hydrogen-bond donors (Lipinski definition) is 0. The Hall–Kier alpha value is -2.50. The lowest BCUT2D eigenvalue weighted by molar-refractivity contribution is 0.107. The minimum Gasteiger partial charge on any atom is -0.448 e. The van der Waals surface area contributed by atoms with Gasteiger partial charge in [-0.05, 0) is 26.0 Å². The van der Waals surface area contributed by atoms with E-state index in [2.05, 4.69) is 0 Å². The zero-order chi connectivity index (χ0) is 14.5. The van der Waals surface area contributed by atoms with E-state index < -0.39 is 12.2 Å². The number of ether oxygens (including phenoxy) is 2. The van der Waals surface area contributed by atoms with Gasteiger partial charge in [0.15, 0.2) is 0 Å². The van der Waals surface area contributed by atoms with Crippen molar-refractivity contribution >= 4 is 23.9 Å². The number of benzene rings is 1. The molecule has 2 rings (SSSR count). The van der Waals surface area contributed by atoms with Gasteiger partial charge in [0.1, 0.15) is 0 Å². The molecule has 0 saturated heterocycles. The molecule has 1 aliphatic heterocycles. The van der Waals surface area contributed by atoms with E-state index in [0.717, 1.165) is 15.6 Å². The van der Waals surface area contributed by atoms with Crippen molar-refractivity contribution in [3.8, 4) is 0 Å². The summed E-state index contributed by atoms with van der Waals surface area (Å²) in [6, 6.07) is 7.22. The van der Waals surface area contributed by atoms with Gasteiger partial charge in [0.2, 0.25) is 0 Å². The highest BCUT2D eigenvalue weighted by Crippen LogP contribution is 2.29. The molecule has 0 unspecified atom stereocenters. The third-order valence-electron chi connectivity index (χ3n) is 2.67. The van der Waals surface area contributed by atoms with E-state index in [9.17, 15) is 9.59 Å². The number of amides is 2. The second-order valence-electron chi connectivity index (χ2n) is 3.93. The normalized spacial score (nSPS) is 12.9. The van der Waals surface area contributed by atoms with E-state index >= 15 is 0 Å². The van der Waals surface area contributed by atoms with Crippen LogP contribution in [-0.2, 0) is 9.47 Å². The lowest BCUT2D eigenvalue weighted by Gasteiger charge is -2.33. The van der Waals surface area contributed by atoms with Crippen molar-refractivity contribution in [2.45, 2.75) is 13.8 Å². The van der Waals surface area contributed by atoms with Crippen molar-refractivity contribution < 1.29 is 19.1 Å². The van der Waals surface area contributed by atoms with E-state index in [-0.39, 0.29) is 13.2 Å². The van der Waals surface area contributed by atoms with Crippen molar-refractivity contribution in [2.75, 3.05) is 18.2 Å². The Labute approximate surface area is 117 Å². The quantitative estimate of drug-likeness (QED) is 0.833. The molecule has 0 saturated carbocycles. The largest absolute Gasteiger partial charge is 0.448 e. The van der Waals surface area contributed by atoms with Crippen molar-refractivity contribution in [3.05, 3.63) is 36.0 Å². The number of hydrazine groups is 1. The fourth-order valence-electron chi connectivity index (χ4n) is 1.86. The van der Waals surface area contributed by atoms with Crippen molar-refractivity contribution in [2.24, 2.45) is 0 Å². The van der Waals surface area contributed by atoms with Gasteiger partial charge in [0.05, 0.1) is 18.9 Å². The monoisotopic (exact) mass is 276 g/mol. The Morgan fingerprint density at radius 1 is 1.05 bits per heavy atom. The SMILES string of the molecule is CCOC(=O)N1C=Cc2ccccc2N1C(=O)OCC. The number of carbonyl (C=O) groups excluding carboxylic acids is 2. The van der Waals surface area contributed by atoms with E-state index in [4.69, 9.17) is 9.47 Å². The van der Waals surface area contributed by atoms with Crippen molar-refractivity contribution in [1.82, 2.24) is 5.01 Å². The molecule has 1 aromatic rings. The second kappa shape index (κ2) is 6.10. The highest BCUT2D eigenvalue weighted by Gasteiger charge is 2.32. The summed E-state index contributed by atoms with van der Waals surface area (Å²) in [6.45, 7) is 3.85. The van der Waals surface area contributed by atoms with Crippen LogP contribution in [0.25, 0.3) is 6.08 Å². The first-order valence-corrected chi connectivity index (χ1v) is 6.39. The van der Waals surface area contributed by atoms with Gasteiger partial charge in [0.25, 0.3) is 0 Å². The molecule has 0 aliphatic carbocycles. The van der Waals surface area contributed by atoms with Crippen LogP contribution in [0.5, 0.6) is 0 Å². The van der Waals surface area contributed by atoms with Gasteiger partial charge in [0, 0.05) is 11.8 Å². The molecule has 20 heavy (non-hydrogen) atoms. The number of para-hydroxylation sites is 1. The molecule has 1 aromatic carbocycles. The highest BCUT2D eigenvalue weighted by atomic mass is 16.6. The third kappa shape index (κ3) is 2.59. The predicted octanol–water partition coefficient (Wildman–Crippen LogP) is 3.01. The van der Waals surface area contributed by atoms with Crippen LogP contribution < -0.4 is 5.01 Å². The minimum atomic E-state index is -0.633. The summed E-state index contributed by atoms with van der Waals surface area (Å²) in [5.41, 5.74) is 1.39. The fraction of sp³-hybridized carbons (Fsp3) is 0.286. The molecule has 1 heterocycles. The fourth-order valence-corrected chi connectivity index (χ4v) is 1.86. The van der Waals surface area contributed by atoms with Crippen molar-refractivity contribution in [1.29, 1.82) is 0 Å². The van der Waals surface area contributed by atoms with Gasteiger partial charge in [-0.2, -0.15) is 10.0 Å². The minimum absolute atomic E-state index is 0.220. The van der Waals surface area contributed by atoms with E-state index in [1.807, 2.05) is 12.1 Å². The lowest BCUT2D eigenvalue weighted by Crippen LogP contribution is -2.49. The molecule has 6 nitrogen and oxygen atoms in total. The molecule has 0 radical (unpaired) electrons. The topological polar surface area (TPSA) is 59.1 Å². The zero-order valence-electron chi connectivity index (χ0n) is 11.4. The van der Waals surface area contributed by atoms with Gasteiger partial charge in [-0.1, -0.05) is 18.2 Å². The van der Waals surface area contributed by atoms with Crippen LogP contribution in [0.4, 0.5) is 15.3 Å². The van der Waals surface area contributed by atoms with Crippen LogP contribution in [-0.4, -0.2) is 30.4 Å². The first kappa shape index (κ1) is 13.9. The molecule has 1 aliphatic rings. The van der Waals surface area contributed by atoms with Crippen LogP contribution in [0.1, 0.15) is 19.4 Å². The molecule has 0 atom stereocenters. The summed E-state index contributed by atoms with van der Waals surface area (Å²) in [7, 11) is 0. The van der Waals surface area contributed by atoms with E-state index in [0.29, 0.717) is 5.69 Å². The average molecular weight is 276 g/mol. The predicted molar refractivity (Wildman–Crippen MR) is 73.8 cm³/mol. The molecule has 2 amide bonds. The summed E-state index contributed by atoms with van der Waals surface area (Å²) >= 11 is 0. The van der Waals surface area contributed by atoms with E-state index in [1.54, 1.807) is 32.1 Å². The van der Waals surface area contributed by atoms with E-state index in [1.165, 1.54) is 6.20 Å². The molecule has 0 bridgehead atoms. The van der Waals surface area contributed by atoms with Gasteiger partial charge in [-0.25, -0.2) is 9.59 Å². The Balaban J connectivity index is 2.39. The Morgan fingerprint density at radius 3 is 2.40 bits per heavy atom. The summed E-state index contributed by atoms with van der Waals surface area (Å²) in [4.78, 5) is 24.0. The van der Waals surface area contributed by atoms with Gasteiger partial charge < -0.3 is 9.47 Å². The Bertz CT molecular complexity index is 542. The maximum atomic E-state index is 12.1. The van der Waals surface area contributed by atoms with Crippen LogP contribution >= 0.6 is 0 Å². The molecular weight excluding hydrogens is 260 g/mol. The van der Waals surface area contributed by atoms with Crippen LogP contribution in [0.2, 0.25) is 0 Å². The number of anilines is 1. The summed E-state index contributed by atoms with van der Waals surface area (Å²) in [5.74, 6) is 0. The summed E-state index contributed by atoms with van der Waals surface area (Å²) in [5, 5.41) is 2.26. The number of fused-ring (bicyclic) bond motifs is 1.